The molecule has 1 aliphatic carbocycles. The number of hydrogen-bond donors (Lipinski definition) is 3. The summed E-state index contributed by atoms with van der Waals surface area (Å²) >= 11 is 7.36. The van der Waals surface area contributed by atoms with E-state index in [0.29, 0.717) is 9.90 Å². The topological polar surface area (TPSA) is 105 Å². The normalized spacial score (nSPS) is 13.0. The van der Waals surface area contributed by atoms with Crippen LogP contribution in [-0.2, 0) is 20.9 Å². The number of rotatable bonds is 8. The molecule has 0 saturated heterocycles. The molecule has 2 amide bonds. The molecule has 1 unspecified atom stereocenters. The molecule has 1 atom stereocenters. The van der Waals surface area contributed by atoms with E-state index in [9.17, 15) is 19.5 Å². The molecule has 3 aromatic rings. The van der Waals surface area contributed by atoms with Gasteiger partial charge < -0.3 is 20.5 Å². The van der Waals surface area contributed by atoms with Crippen molar-refractivity contribution in [1.82, 2.24) is 10.6 Å². The molecule has 0 saturated carbocycles. The first kappa shape index (κ1) is 22.8. The van der Waals surface area contributed by atoms with Crippen LogP contribution in [0, 0.1) is 0 Å². The maximum absolute atomic E-state index is 12.5. The largest absolute Gasteiger partial charge is 0.481 e. The lowest BCUT2D eigenvalue weighted by atomic mass is 9.98. The number of carbonyl (C=O) groups excluding carboxylic acids is 2. The second kappa shape index (κ2) is 10.1. The lowest BCUT2D eigenvalue weighted by molar-refractivity contribution is -0.139. The van der Waals surface area contributed by atoms with Gasteiger partial charge in [-0.15, -0.1) is 11.3 Å². The van der Waals surface area contributed by atoms with E-state index in [0.717, 1.165) is 22.3 Å². The van der Waals surface area contributed by atoms with E-state index in [1.807, 2.05) is 48.5 Å². The lowest BCUT2D eigenvalue weighted by Crippen LogP contribution is -2.48. The standard InChI is InChI=1S/C24H21ClN2O5S/c25-22-14(9-10-33-22)12-26-23(30)20(11-21(28)29)27-24(31)32-13-19-17-7-3-1-5-15(17)16-6-2-4-8-18(16)19/h1-10,19-20H,11-13H2,(H,26,30)(H,27,31)(H,28,29). The summed E-state index contributed by atoms with van der Waals surface area (Å²) in [6.07, 6.45) is -1.43. The van der Waals surface area contributed by atoms with Crippen LogP contribution in [0.25, 0.3) is 11.1 Å². The molecule has 0 radical (unpaired) electrons. The van der Waals surface area contributed by atoms with Crippen molar-refractivity contribution in [3.8, 4) is 11.1 Å². The molecule has 9 heteroatoms. The number of fused-ring (bicyclic) bond motifs is 3. The average molecular weight is 485 g/mol. The van der Waals surface area contributed by atoms with Crippen molar-refractivity contribution in [3.63, 3.8) is 0 Å². The van der Waals surface area contributed by atoms with Gasteiger partial charge in [0.2, 0.25) is 5.91 Å². The highest BCUT2D eigenvalue weighted by molar-refractivity contribution is 7.14. The highest BCUT2D eigenvalue weighted by Gasteiger charge is 2.30. The van der Waals surface area contributed by atoms with E-state index in [2.05, 4.69) is 10.6 Å². The monoisotopic (exact) mass is 484 g/mol. The van der Waals surface area contributed by atoms with Crippen LogP contribution in [0.4, 0.5) is 4.79 Å². The summed E-state index contributed by atoms with van der Waals surface area (Å²) in [5.74, 6) is -1.99. The highest BCUT2D eigenvalue weighted by atomic mass is 35.5. The number of amides is 2. The highest BCUT2D eigenvalue weighted by Crippen LogP contribution is 2.44. The van der Waals surface area contributed by atoms with Crippen LogP contribution in [-0.4, -0.2) is 35.7 Å². The third-order valence-corrected chi connectivity index (χ3v) is 6.73. The van der Waals surface area contributed by atoms with Crippen LogP contribution in [0.3, 0.4) is 0 Å². The van der Waals surface area contributed by atoms with Crippen molar-refractivity contribution in [1.29, 1.82) is 0 Å². The second-order valence-corrected chi connectivity index (χ2v) is 9.08. The second-order valence-electron chi connectivity index (χ2n) is 7.56. The molecule has 2 aromatic carbocycles. The van der Waals surface area contributed by atoms with Crippen LogP contribution >= 0.6 is 22.9 Å². The van der Waals surface area contributed by atoms with Gasteiger partial charge in [-0.2, -0.15) is 0 Å². The first-order valence-corrected chi connectivity index (χ1v) is 11.5. The average Bonchev–Trinajstić information content (AvgIpc) is 3.36. The fourth-order valence-corrected chi connectivity index (χ4v) is 4.84. The number of thiophene rings is 1. The summed E-state index contributed by atoms with van der Waals surface area (Å²) in [5.41, 5.74) is 5.01. The molecular weight excluding hydrogens is 464 g/mol. The van der Waals surface area contributed by atoms with Gasteiger partial charge in [-0.25, -0.2) is 4.79 Å². The zero-order valence-corrected chi connectivity index (χ0v) is 19.0. The van der Waals surface area contributed by atoms with Crippen LogP contribution in [0.5, 0.6) is 0 Å². The van der Waals surface area contributed by atoms with Crippen molar-refractivity contribution < 1.29 is 24.2 Å². The number of ether oxygens (including phenoxy) is 1. The Kier molecular flexibility index (Phi) is 6.96. The SMILES string of the molecule is O=C(O)CC(NC(=O)OCC1c2ccccc2-c2ccccc21)C(=O)NCc1ccsc1Cl. The Hall–Kier alpha value is -3.36. The van der Waals surface area contributed by atoms with Crippen LogP contribution in [0.1, 0.15) is 29.0 Å². The molecule has 1 aromatic heterocycles. The lowest BCUT2D eigenvalue weighted by Gasteiger charge is -2.18. The predicted molar refractivity (Wildman–Crippen MR) is 125 cm³/mol. The van der Waals surface area contributed by atoms with Crippen molar-refractivity contribution in [3.05, 3.63) is 81.0 Å². The third-order valence-electron chi connectivity index (χ3n) is 5.48. The minimum absolute atomic E-state index is 0.0613. The third kappa shape index (κ3) is 5.18. The van der Waals surface area contributed by atoms with E-state index in [4.69, 9.17) is 16.3 Å². The molecule has 7 nitrogen and oxygen atoms in total. The quantitative estimate of drug-likeness (QED) is 0.439. The summed E-state index contributed by atoms with van der Waals surface area (Å²) in [5, 5.41) is 15.9. The smallest absolute Gasteiger partial charge is 0.407 e. The number of aliphatic carboxylic acids is 1. The number of nitrogens with one attached hydrogen (secondary N) is 2. The first-order valence-electron chi connectivity index (χ1n) is 10.3. The Labute approximate surface area is 199 Å². The summed E-state index contributed by atoms with van der Waals surface area (Å²) in [6.45, 7) is 0.190. The van der Waals surface area contributed by atoms with Crippen molar-refractivity contribution >= 4 is 40.9 Å². The Morgan fingerprint density at radius 1 is 1.03 bits per heavy atom. The Morgan fingerprint density at radius 3 is 2.24 bits per heavy atom. The minimum atomic E-state index is -1.28. The fourth-order valence-electron chi connectivity index (χ4n) is 3.92. The van der Waals surface area contributed by atoms with Gasteiger partial charge in [0.1, 0.15) is 12.6 Å². The number of alkyl carbamates (subject to hydrolysis) is 1. The number of halogens is 1. The number of carboxylic acids is 1. The van der Waals surface area contributed by atoms with Gasteiger partial charge in [-0.05, 0) is 33.7 Å². The number of benzene rings is 2. The van der Waals surface area contributed by atoms with Gasteiger partial charge >= 0.3 is 12.1 Å². The van der Waals surface area contributed by atoms with E-state index in [1.165, 1.54) is 11.3 Å². The minimum Gasteiger partial charge on any atom is -0.481 e. The predicted octanol–water partition coefficient (Wildman–Crippen LogP) is 4.40. The molecule has 170 valence electrons. The summed E-state index contributed by atoms with van der Waals surface area (Å²) in [4.78, 5) is 36.2. The molecule has 4 rings (SSSR count). The Morgan fingerprint density at radius 2 is 1.67 bits per heavy atom. The van der Waals surface area contributed by atoms with Gasteiger partial charge in [-0.3, -0.25) is 9.59 Å². The first-order chi connectivity index (χ1) is 15.9. The molecule has 0 spiro atoms. The molecule has 33 heavy (non-hydrogen) atoms. The maximum atomic E-state index is 12.5. The van der Waals surface area contributed by atoms with E-state index >= 15 is 0 Å². The van der Waals surface area contributed by atoms with Gasteiger partial charge in [0.05, 0.1) is 10.8 Å². The van der Waals surface area contributed by atoms with Crippen molar-refractivity contribution in [2.24, 2.45) is 0 Å². The van der Waals surface area contributed by atoms with Crippen LogP contribution in [0.15, 0.2) is 60.0 Å². The van der Waals surface area contributed by atoms with E-state index < -0.39 is 30.4 Å². The van der Waals surface area contributed by atoms with Crippen LogP contribution < -0.4 is 10.6 Å². The summed E-state index contributed by atoms with van der Waals surface area (Å²) in [6, 6.07) is 16.3. The van der Waals surface area contributed by atoms with E-state index in [-0.39, 0.29) is 19.1 Å². The maximum Gasteiger partial charge on any atom is 0.407 e. The number of carbonyl (C=O) groups is 3. The Balaban J connectivity index is 1.39. The molecule has 0 aliphatic heterocycles. The van der Waals surface area contributed by atoms with Crippen molar-refractivity contribution in [2.45, 2.75) is 24.9 Å². The summed E-state index contributed by atoms with van der Waals surface area (Å²) < 4.78 is 5.97. The molecule has 0 bridgehead atoms. The molecule has 3 N–H and O–H groups in total. The summed E-state index contributed by atoms with van der Waals surface area (Å²) in [7, 11) is 0. The molecule has 1 aliphatic rings. The van der Waals surface area contributed by atoms with Gasteiger partial charge in [0.15, 0.2) is 0 Å². The van der Waals surface area contributed by atoms with Crippen LogP contribution in [0.2, 0.25) is 4.34 Å². The number of hydrogen-bond acceptors (Lipinski definition) is 5. The molecular formula is C24H21ClN2O5S. The zero-order chi connectivity index (χ0) is 23.4. The van der Waals surface area contributed by atoms with Gasteiger partial charge in [0, 0.05) is 18.0 Å². The van der Waals surface area contributed by atoms with Gasteiger partial charge in [0.25, 0.3) is 0 Å². The molecule has 0 fully saturated rings. The zero-order valence-electron chi connectivity index (χ0n) is 17.4. The Bertz CT molecular complexity index is 1150. The van der Waals surface area contributed by atoms with Gasteiger partial charge in [-0.1, -0.05) is 60.1 Å². The molecule has 1 heterocycles. The van der Waals surface area contributed by atoms with E-state index in [1.54, 1.807) is 11.4 Å². The fraction of sp³-hybridized carbons (Fsp3) is 0.208. The van der Waals surface area contributed by atoms with Crippen molar-refractivity contribution in [2.75, 3.05) is 6.61 Å². The number of carboxylic acid groups (broad SMARTS) is 1.